The van der Waals surface area contributed by atoms with Crippen LogP contribution in [0.2, 0.25) is 0 Å². The van der Waals surface area contributed by atoms with Crippen LogP contribution >= 0.6 is 0 Å². The minimum absolute atomic E-state index is 0.0172. The monoisotopic (exact) mass is 352 g/mol. The Hall–Kier alpha value is -2.41. The molecule has 0 aliphatic carbocycles. The van der Waals surface area contributed by atoms with Crippen LogP contribution in [-0.4, -0.2) is 21.8 Å². The van der Waals surface area contributed by atoms with Crippen molar-refractivity contribution in [2.45, 2.75) is 24.7 Å². The Balaban J connectivity index is 2.54. The molecular weight excluding hydrogens is 335 g/mol. The molecule has 0 radical (unpaired) electrons. The molecule has 24 heavy (non-hydrogen) atoms. The number of halogens is 1. The fourth-order valence-electron chi connectivity index (χ4n) is 2.35. The van der Waals surface area contributed by atoms with E-state index in [1.54, 1.807) is 6.07 Å². The van der Waals surface area contributed by atoms with Crippen molar-refractivity contribution < 1.29 is 26.5 Å². The van der Waals surface area contributed by atoms with Gasteiger partial charge in [-0.05, 0) is 36.2 Å². The maximum atomic E-state index is 13.3. The van der Waals surface area contributed by atoms with E-state index < -0.39 is 15.9 Å². The summed E-state index contributed by atoms with van der Waals surface area (Å²) >= 11 is 0. The van der Waals surface area contributed by atoms with Gasteiger partial charge in [-0.25, -0.2) is 4.39 Å². The van der Waals surface area contributed by atoms with Gasteiger partial charge >= 0.3 is 10.1 Å². The Labute approximate surface area is 140 Å². The lowest BCUT2D eigenvalue weighted by Crippen LogP contribution is -2.13. The zero-order chi connectivity index (χ0) is 17.7. The van der Waals surface area contributed by atoms with Gasteiger partial charge in [-0.1, -0.05) is 19.1 Å². The van der Waals surface area contributed by atoms with Crippen molar-refractivity contribution in [3.63, 3.8) is 0 Å². The third-order valence-electron chi connectivity index (χ3n) is 3.48. The maximum absolute atomic E-state index is 13.3. The van der Waals surface area contributed by atoms with E-state index in [1.165, 1.54) is 25.3 Å². The van der Waals surface area contributed by atoms with Crippen LogP contribution in [0.1, 0.15) is 18.1 Å². The molecule has 128 valence electrons. The fraction of sp³-hybridized carbons (Fsp3) is 0.235. The number of hydrogen-bond acceptors (Lipinski definition) is 5. The van der Waals surface area contributed by atoms with Crippen LogP contribution in [0, 0.1) is 5.82 Å². The highest BCUT2D eigenvalue weighted by Gasteiger charge is 2.23. The number of carbonyl (C=O) groups excluding carboxylic acids is 1. The van der Waals surface area contributed by atoms with Crippen molar-refractivity contribution in [2.75, 3.05) is 7.11 Å². The van der Waals surface area contributed by atoms with Gasteiger partial charge in [0, 0.05) is 12.0 Å². The lowest BCUT2D eigenvalue weighted by molar-refractivity contribution is -0.107. The summed E-state index contributed by atoms with van der Waals surface area (Å²) in [6.45, 7) is 1.81. The summed E-state index contributed by atoms with van der Waals surface area (Å²) in [5.41, 5.74) is 1.21. The van der Waals surface area contributed by atoms with Crippen LogP contribution in [-0.2, 0) is 27.8 Å². The third-order valence-corrected chi connectivity index (χ3v) is 4.69. The van der Waals surface area contributed by atoms with Crippen molar-refractivity contribution in [3.05, 3.63) is 53.3 Å². The van der Waals surface area contributed by atoms with E-state index in [0.29, 0.717) is 17.5 Å². The first-order valence-corrected chi connectivity index (χ1v) is 8.66. The minimum atomic E-state index is -4.24. The van der Waals surface area contributed by atoms with Crippen LogP contribution in [0.15, 0.2) is 41.3 Å². The summed E-state index contributed by atoms with van der Waals surface area (Å²) in [5, 5.41) is 0. The normalized spacial score (nSPS) is 11.1. The smallest absolute Gasteiger partial charge is 0.339 e. The van der Waals surface area contributed by atoms with Gasteiger partial charge in [0.25, 0.3) is 0 Å². The van der Waals surface area contributed by atoms with E-state index in [4.69, 9.17) is 8.92 Å². The molecule has 0 unspecified atom stereocenters. The average molecular weight is 352 g/mol. The molecule has 7 heteroatoms. The highest BCUT2D eigenvalue weighted by molar-refractivity contribution is 7.87. The number of ether oxygens (including phenoxy) is 1. The van der Waals surface area contributed by atoms with E-state index >= 15 is 0 Å². The zero-order valence-corrected chi connectivity index (χ0v) is 14.1. The lowest BCUT2D eigenvalue weighted by atomic mass is 10.0. The van der Waals surface area contributed by atoms with Gasteiger partial charge in [-0.2, -0.15) is 8.42 Å². The molecule has 5 nitrogen and oxygen atoms in total. The molecule has 2 aromatic carbocycles. The number of rotatable bonds is 7. The zero-order valence-electron chi connectivity index (χ0n) is 13.3. The highest BCUT2D eigenvalue weighted by atomic mass is 32.2. The van der Waals surface area contributed by atoms with Crippen LogP contribution in [0.3, 0.4) is 0 Å². The van der Waals surface area contributed by atoms with E-state index in [2.05, 4.69) is 0 Å². The molecular formula is C17H17FO5S. The minimum Gasteiger partial charge on any atom is -0.493 e. The first kappa shape index (κ1) is 17.9. The molecule has 0 aromatic heterocycles. The molecule has 0 bridgehead atoms. The van der Waals surface area contributed by atoms with Crippen LogP contribution in [0.25, 0.3) is 0 Å². The molecule has 2 aromatic rings. The summed E-state index contributed by atoms with van der Waals surface area (Å²) in [7, 11) is -2.86. The van der Waals surface area contributed by atoms with Gasteiger partial charge in [-0.15, -0.1) is 0 Å². The average Bonchev–Trinajstić information content (AvgIpc) is 2.55. The maximum Gasteiger partial charge on any atom is 0.339 e. The van der Waals surface area contributed by atoms with Gasteiger partial charge in [0.05, 0.1) is 7.11 Å². The number of aldehydes is 1. The van der Waals surface area contributed by atoms with Gasteiger partial charge in [0.1, 0.15) is 17.0 Å². The molecule has 2 rings (SSSR count). The summed E-state index contributed by atoms with van der Waals surface area (Å²) in [6, 6.07) is 7.77. The third kappa shape index (κ3) is 3.73. The van der Waals surface area contributed by atoms with E-state index in [9.17, 15) is 17.6 Å². The second-order valence-electron chi connectivity index (χ2n) is 4.95. The van der Waals surface area contributed by atoms with Gasteiger partial charge in [0.15, 0.2) is 11.5 Å². The summed E-state index contributed by atoms with van der Waals surface area (Å²) in [6.07, 6.45) is 1.30. The van der Waals surface area contributed by atoms with Gasteiger partial charge < -0.3 is 13.7 Å². The molecule has 0 fully saturated rings. The summed E-state index contributed by atoms with van der Waals surface area (Å²) in [5.74, 6) is -0.442. The Bertz CT molecular complexity index is 846. The predicted molar refractivity (Wildman–Crippen MR) is 86.4 cm³/mol. The Morgan fingerprint density at radius 3 is 2.54 bits per heavy atom. The molecule has 0 saturated heterocycles. The molecule has 0 amide bonds. The largest absolute Gasteiger partial charge is 0.493 e. The number of carbonyl (C=O) groups is 1. The topological polar surface area (TPSA) is 69.7 Å². The number of benzene rings is 2. The van der Waals surface area contributed by atoms with E-state index in [1.807, 2.05) is 6.92 Å². The second kappa shape index (κ2) is 7.44. The highest BCUT2D eigenvalue weighted by Crippen LogP contribution is 2.36. The van der Waals surface area contributed by atoms with Crippen molar-refractivity contribution in [1.82, 2.24) is 0 Å². The van der Waals surface area contributed by atoms with Crippen molar-refractivity contribution >= 4 is 16.4 Å². The number of hydrogen-bond donors (Lipinski definition) is 0. The Kier molecular flexibility index (Phi) is 5.56. The van der Waals surface area contributed by atoms with Crippen molar-refractivity contribution in [3.8, 4) is 11.5 Å². The predicted octanol–water partition coefficient (Wildman–Crippen LogP) is 2.91. The Morgan fingerprint density at radius 2 is 1.96 bits per heavy atom. The Morgan fingerprint density at radius 1 is 1.21 bits per heavy atom. The molecule has 0 atom stereocenters. The van der Waals surface area contributed by atoms with Gasteiger partial charge in [0.2, 0.25) is 0 Å². The fourth-order valence-corrected chi connectivity index (χ4v) is 3.35. The van der Waals surface area contributed by atoms with Crippen LogP contribution in [0.5, 0.6) is 11.5 Å². The molecule has 0 aliphatic rings. The quantitative estimate of drug-likeness (QED) is 0.566. The molecule has 0 aliphatic heterocycles. The van der Waals surface area contributed by atoms with Crippen LogP contribution < -0.4 is 8.92 Å². The van der Waals surface area contributed by atoms with E-state index in [0.717, 1.165) is 18.4 Å². The molecule has 0 saturated carbocycles. The summed E-state index contributed by atoms with van der Waals surface area (Å²) in [4.78, 5) is 10.5. The van der Waals surface area contributed by atoms with E-state index in [-0.39, 0.29) is 22.8 Å². The lowest BCUT2D eigenvalue weighted by Gasteiger charge is -2.16. The summed E-state index contributed by atoms with van der Waals surface area (Å²) < 4.78 is 48.6. The molecule has 0 heterocycles. The number of methoxy groups -OCH3 is 1. The SMILES string of the molecule is CCc1c(CC=O)ccc(OC)c1OS(=O)(=O)c1cccc(F)c1. The second-order valence-corrected chi connectivity index (χ2v) is 6.50. The van der Waals surface area contributed by atoms with Gasteiger partial charge in [-0.3, -0.25) is 0 Å². The first-order chi connectivity index (χ1) is 11.4. The van der Waals surface area contributed by atoms with Crippen LogP contribution in [0.4, 0.5) is 4.39 Å². The standard InChI is InChI=1S/C17H17FO5S/c1-3-15-12(9-10-19)7-8-16(22-2)17(15)23-24(20,21)14-6-4-5-13(18)11-14/h4-8,10-11H,3,9H2,1-2H3. The molecule has 0 spiro atoms. The first-order valence-electron chi connectivity index (χ1n) is 7.25. The van der Waals surface area contributed by atoms with Crippen molar-refractivity contribution in [2.24, 2.45) is 0 Å². The van der Waals surface area contributed by atoms with Crippen molar-refractivity contribution in [1.29, 1.82) is 0 Å². The molecule has 0 N–H and O–H groups in total.